The minimum Gasteiger partial charge on any atom is -0.361 e. The molecule has 0 unspecified atom stereocenters. The fourth-order valence-corrected chi connectivity index (χ4v) is 5.42. The first-order chi connectivity index (χ1) is 17.2. The molecule has 0 saturated carbocycles. The van der Waals surface area contributed by atoms with E-state index in [4.69, 9.17) is 14.2 Å². The lowest BCUT2D eigenvalue weighted by Crippen LogP contribution is -2.23. The number of nitrogens with zero attached hydrogens (tertiary/aromatic N) is 3. The van der Waals surface area contributed by atoms with Crippen LogP contribution in [0.2, 0.25) is 25.7 Å². The van der Waals surface area contributed by atoms with Gasteiger partial charge in [-0.3, -0.25) is 4.79 Å². The molecule has 2 heterocycles. The minimum absolute atomic E-state index is 0.129. The van der Waals surface area contributed by atoms with Gasteiger partial charge in [0, 0.05) is 32.9 Å². The molecule has 1 aromatic heterocycles. The highest BCUT2D eigenvalue weighted by Gasteiger charge is 2.34. The maximum absolute atomic E-state index is 13.5. The molecule has 1 fully saturated rings. The molecule has 1 aliphatic carbocycles. The molecule has 2 aliphatic rings. The summed E-state index contributed by atoms with van der Waals surface area (Å²) >= 11 is 0. The van der Waals surface area contributed by atoms with Gasteiger partial charge in [-0.15, -0.1) is 0 Å². The third-order valence-corrected chi connectivity index (χ3v) is 8.53. The third kappa shape index (κ3) is 6.40. The van der Waals surface area contributed by atoms with E-state index in [1.54, 1.807) is 10.8 Å². The van der Waals surface area contributed by atoms with Gasteiger partial charge >= 0.3 is 0 Å². The van der Waals surface area contributed by atoms with Gasteiger partial charge in [-0.05, 0) is 61.4 Å². The molecule has 1 aliphatic heterocycles. The van der Waals surface area contributed by atoms with Crippen molar-refractivity contribution in [3.05, 3.63) is 58.7 Å². The average Bonchev–Trinajstić information content (AvgIpc) is 3.49. The number of aromatic nitrogens is 2. The van der Waals surface area contributed by atoms with Crippen LogP contribution in [-0.4, -0.2) is 43.2 Å². The molecule has 36 heavy (non-hydrogen) atoms. The van der Waals surface area contributed by atoms with Crippen molar-refractivity contribution in [3.8, 4) is 6.07 Å². The summed E-state index contributed by atoms with van der Waals surface area (Å²) in [6, 6.07) is 9.22. The first-order valence-electron chi connectivity index (χ1n) is 12.9. The van der Waals surface area contributed by atoms with Gasteiger partial charge < -0.3 is 18.8 Å². The molecule has 7 nitrogen and oxygen atoms in total. The summed E-state index contributed by atoms with van der Waals surface area (Å²) in [5, 5.41) is 9.39. The summed E-state index contributed by atoms with van der Waals surface area (Å²) in [6.07, 6.45) is 8.44. The van der Waals surface area contributed by atoms with Crippen LogP contribution in [0.25, 0.3) is 5.57 Å². The second kappa shape index (κ2) is 11.2. The molecule has 1 saturated heterocycles. The molecule has 1 aromatic carbocycles. The van der Waals surface area contributed by atoms with Crippen molar-refractivity contribution in [2.45, 2.75) is 77.2 Å². The van der Waals surface area contributed by atoms with Gasteiger partial charge in [-0.25, -0.2) is 4.98 Å². The fraction of sp³-hybridized carbons (Fsp3) is 0.536. The molecule has 0 atom stereocenters. The Morgan fingerprint density at radius 1 is 1.25 bits per heavy atom. The number of imidazole rings is 1. The van der Waals surface area contributed by atoms with Crippen molar-refractivity contribution in [2.75, 3.05) is 19.8 Å². The topological polar surface area (TPSA) is 86.4 Å². The van der Waals surface area contributed by atoms with E-state index in [9.17, 15) is 10.1 Å². The molecule has 4 rings (SSSR count). The van der Waals surface area contributed by atoms with E-state index >= 15 is 0 Å². The quantitative estimate of drug-likeness (QED) is 0.234. The number of benzene rings is 1. The number of ketones is 1. The van der Waals surface area contributed by atoms with E-state index in [2.05, 4.69) is 42.8 Å². The van der Waals surface area contributed by atoms with Gasteiger partial charge in [0.15, 0.2) is 17.3 Å². The molecule has 8 heteroatoms. The largest absolute Gasteiger partial charge is 0.361 e. The second-order valence-electron chi connectivity index (χ2n) is 11.0. The Kier molecular flexibility index (Phi) is 8.26. The number of nitriles is 1. The Morgan fingerprint density at radius 2 is 2.03 bits per heavy atom. The predicted octanol–water partition coefficient (Wildman–Crippen LogP) is 5.67. The van der Waals surface area contributed by atoms with Gasteiger partial charge in [0.05, 0.1) is 13.2 Å². The third-order valence-electron chi connectivity index (χ3n) is 6.83. The molecule has 0 spiro atoms. The van der Waals surface area contributed by atoms with Crippen molar-refractivity contribution in [1.82, 2.24) is 9.55 Å². The number of hydrogen-bond donors (Lipinski definition) is 0. The molecule has 0 N–H and O–H groups in total. The number of allylic oxidation sites excluding steroid dienone is 2. The smallest absolute Gasteiger partial charge is 0.202 e. The normalized spacial score (nSPS) is 17.6. The Balaban J connectivity index is 1.58. The van der Waals surface area contributed by atoms with Gasteiger partial charge in [-0.2, -0.15) is 5.26 Å². The van der Waals surface area contributed by atoms with Crippen LogP contribution in [0.1, 0.15) is 65.6 Å². The van der Waals surface area contributed by atoms with Crippen molar-refractivity contribution >= 4 is 19.4 Å². The minimum atomic E-state index is -1.22. The van der Waals surface area contributed by atoms with Crippen LogP contribution < -0.4 is 0 Å². The van der Waals surface area contributed by atoms with E-state index in [-0.39, 0.29) is 30.5 Å². The zero-order valence-corrected chi connectivity index (χ0v) is 22.9. The van der Waals surface area contributed by atoms with Crippen molar-refractivity contribution < 1.29 is 19.0 Å². The maximum Gasteiger partial charge on any atom is 0.202 e. The Morgan fingerprint density at radius 3 is 2.69 bits per heavy atom. The SMILES string of the molecule is CC1(c2ccc(CC(=O)c3nc(C#N)cn3COCC[Si](C)(C)C)c(C3=CCCCC3)c2)OCCO1. The Bertz CT molecular complexity index is 1170. The Labute approximate surface area is 215 Å². The highest BCUT2D eigenvalue weighted by molar-refractivity contribution is 6.76. The lowest BCUT2D eigenvalue weighted by molar-refractivity contribution is -0.149. The summed E-state index contributed by atoms with van der Waals surface area (Å²) in [4.78, 5) is 17.8. The lowest BCUT2D eigenvalue weighted by atomic mass is 9.87. The zero-order chi connectivity index (χ0) is 25.8. The first-order valence-corrected chi connectivity index (χ1v) is 16.6. The van der Waals surface area contributed by atoms with E-state index in [1.807, 2.05) is 19.1 Å². The zero-order valence-electron chi connectivity index (χ0n) is 21.9. The molecule has 192 valence electrons. The van der Waals surface area contributed by atoms with Gasteiger partial charge in [0.2, 0.25) is 5.78 Å². The second-order valence-corrected chi connectivity index (χ2v) is 16.6. The maximum atomic E-state index is 13.5. The monoisotopic (exact) mass is 507 g/mol. The van der Waals surface area contributed by atoms with Crippen LogP contribution in [0.3, 0.4) is 0 Å². The number of Topliss-reactive ketones (excluding diaryl/α,β-unsaturated/α-hetero) is 1. The summed E-state index contributed by atoms with van der Waals surface area (Å²) < 4.78 is 19.3. The van der Waals surface area contributed by atoms with Gasteiger partial charge in [0.25, 0.3) is 0 Å². The summed E-state index contributed by atoms with van der Waals surface area (Å²) in [5.74, 6) is -0.630. The number of ether oxygens (including phenoxy) is 3. The van der Waals surface area contributed by atoms with Crippen molar-refractivity contribution in [3.63, 3.8) is 0 Å². The van der Waals surface area contributed by atoms with Gasteiger partial charge in [-0.1, -0.05) is 37.8 Å². The van der Waals surface area contributed by atoms with Crippen molar-refractivity contribution in [1.29, 1.82) is 5.26 Å². The summed E-state index contributed by atoms with van der Waals surface area (Å²) in [5.41, 5.74) is 4.48. The molecular weight excluding hydrogens is 470 g/mol. The molecule has 0 radical (unpaired) electrons. The van der Waals surface area contributed by atoms with Crippen LogP contribution in [0.15, 0.2) is 30.5 Å². The standard InChI is InChI=1S/C28H37N3O4Si/c1-28(34-12-13-35-28)23-11-10-22(25(17-23)21-8-6-5-7-9-21)16-26(32)27-30-24(18-29)19-31(27)20-33-14-15-36(2,3)4/h8,10-11,17,19H,5-7,9,12-16,20H2,1-4H3. The first kappa shape index (κ1) is 26.5. The highest BCUT2D eigenvalue weighted by Crippen LogP contribution is 2.36. The van der Waals surface area contributed by atoms with Crippen LogP contribution in [0.4, 0.5) is 0 Å². The summed E-state index contributed by atoms with van der Waals surface area (Å²) in [7, 11) is -1.22. The average molecular weight is 508 g/mol. The van der Waals surface area contributed by atoms with Crippen LogP contribution in [-0.2, 0) is 33.1 Å². The van der Waals surface area contributed by atoms with E-state index < -0.39 is 13.9 Å². The predicted molar refractivity (Wildman–Crippen MR) is 141 cm³/mol. The highest BCUT2D eigenvalue weighted by atomic mass is 28.3. The van der Waals surface area contributed by atoms with Crippen LogP contribution in [0.5, 0.6) is 0 Å². The Hall–Kier alpha value is -2.57. The molecule has 2 aromatic rings. The number of rotatable bonds is 10. The molecule has 0 bridgehead atoms. The van der Waals surface area contributed by atoms with Crippen LogP contribution in [0, 0.1) is 11.3 Å². The van der Waals surface area contributed by atoms with E-state index in [0.29, 0.717) is 19.8 Å². The number of carbonyl (C=O) groups is 1. The van der Waals surface area contributed by atoms with Gasteiger partial charge in [0.1, 0.15) is 12.8 Å². The number of hydrogen-bond acceptors (Lipinski definition) is 6. The van der Waals surface area contributed by atoms with E-state index in [1.165, 1.54) is 12.0 Å². The number of carbonyl (C=O) groups excluding carboxylic acids is 1. The fourth-order valence-electron chi connectivity index (χ4n) is 4.66. The van der Waals surface area contributed by atoms with E-state index in [0.717, 1.165) is 42.0 Å². The summed E-state index contributed by atoms with van der Waals surface area (Å²) in [6.45, 7) is 10.8. The van der Waals surface area contributed by atoms with Crippen LogP contribution >= 0.6 is 0 Å². The van der Waals surface area contributed by atoms with Crippen molar-refractivity contribution in [2.24, 2.45) is 0 Å². The lowest BCUT2D eigenvalue weighted by Gasteiger charge is -2.25. The molecular formula is C28H37N3O4Si. The molecule has 0 amide bonds.